The minimum absolute atomic E-state index is 0.0138. The molecule has 0 spiro atoms. The monoisotopic (exact) mass is 261 g/mol. The van der Waals surface area contributed by atoms with E-state index in [1.807, 2.05) is 20.8 Å². The molecule has 1 saturated heterocycles. The van der Waals surface area contributed by atoms with E-state index in [2.05, 4.69) is 0 Å². The molecule has 1 atom stereocenters. The fraction of sp³-hybridized carbons (Fsp3) is 0.833. The Morgan fingerprint density at radius 1 is 1.41 bits per heavy atom. The molecule has 1 aliphatic heterocycles. The zero-order chi connectivity index (χ0) is 13.1. The topological polar surface area (TPSA) is 46.6 Å². The number of likely N-dealkylation sites (tertiary alicyclic amines) is 1. The molecular weight excluding hydrogens is 242 g/mol. The van der Waals surface area contributed by atoms with Gasteiger partial charge in [-0.2, -0.15) is 0 Å². The van der Waals surface area contributed by atoms with Crippen LogP contribution in [0.2, 0.25) is 0 Å². The van der Waals surface area contributed by atoms with Crippen molar-refractivity contribution in [2.24, 2.45) is 5.92 Å². The first kappa shape index (κ1) is 14.3. The van der Waals surface area contributed by atoms with E-state index in [0.717, 1.165) is 12.8 Å². The largest absolute Gasteiger partial charge is 0.444 e. The van der Waals surface area contributed by atoms with E-state index in [1.54, 1.807) is 4.90 Å². The number of nitrogens with zero attached hydrogens (tertiary/aromatic N) is 1. The molecule has 0 saturated carbocycles. The molecule has 1 aliphatic rings. The van der Waals surface area contributed by atoms with Gasteiger partial charge in [0.15, 0.2) is 5.78 Å². The summed E-state index contributed by atoms with van der Waals surface area (Å²) in [6, 6.07) is 0. The summed E-state index contributed by atoms with van der Waals surface area (Å²) < 4.78 is 5.28. The average molecular weight is 262 g/mol. The fourth-order valence-corrected chi connectivity index (χ4v) is 2.06. The molecule has 0 aliphatic carbocycles. The summed E-state index contributed by atoms with van der Waals surface area (Å²) >= 11 is 5.53. The molecule has 5 heteroatoms. The Balaban J connectivity index is 2.55. The second-order valence-corrected chi connectivity index (χ2v) is 5.63. The van der Waals surface area contributed by atoms with Crippen molar-refractivity contribution in [3.8, 4) is 0 Å². The Hall–Kier alpha value is -0.770. The van der Waals surface area contributed by atoms with Gasteiger partial charge in [0.2, 0.25) is 0 Å². The Bertz CT molecular complexity index is 299. The van der Waals surface area contributed by atoms with Gasteiger partial charge in [-0.05, 0) is 33.6 Å². The Morgan fingerprint density at radius 2 is 2.06 bits per heavy atom. The van der Waals surface area contributed by atoms with Gasteiger partial charge < -0.3 is 9.64 Å². The smallest absolute Gasteiger partial charge is 0.410 e. The summed E-state index contributed by atoms with van der Waals surface area (Å²) in [7, 11) is 0. The lowest BCUT2D eigenvalue weighted by Gasteiger charge is -2.33. The molecule has 0 radical (unpaired) electrons. The lowest BCUT2D eigenvalue weighted by molar-refractivity contribution is -0.121. The number of hydrogen-bond donors (Lipinski definition) is 0. The van der Waals surface area contributed by atoms with Crippen LogP contribution in [0.25, 0.3) is 0 Å². The van der Waals surface area contributed by atoms with Gasteiger partial charge >= 0.3 is 6.09 Å². The highest BCUT2D eigenvalue weighted by molar-refractivity contribution is 6.27. The van der Waals surface area contributed by atoms with E-state index in [9.17, 15) is 9.59 Å². The van der Waals surface area contributed by atoms with Gasteiger partial charge in [0, 0.05) is 19.0 Å². The maximum absolute atomic E-state index is 11.8. The van der Waals surface area contributed by atoms with Crippen LogP contribution < -0.4 is 0 Å². The number of hydrogen-bond acceptors (Lipinski definition) is 3. The molecule has 0 aromatic carbocycles. The first-order valence-corrected chi connectivity index (χ1v) is 6.43. The molecule has 1 unspecified atom stereocenters. The van der Waals surface area contributed by atoms with Crippen LogP contribution in [-0.4, -0.2) is 41.3 Å². The van der Waals surface area contributed by atoms with Crippen molar-refractivity contribution >= 4 is 23.5 Å². The van der Waals surface area contributed by atoms with E-state index in [4.69, 9.17) is 16.3 Å². The van der Waals surface area contributed by atoms with Gasteiger partial charge in [-0.3, -0.25) is 4.79 Å². The van der Waals surface area contributed by atoms with Gasteiger partial charge in [0.05, 0.1) is 5.88 Å². The van der Waals surface area contributed by atoms with Crippen LogP contribution in [0.15, 0.2) is 0 Å². The predicted octanol–water partition coefficient (Wildman–Crippen LogP) is 2.44. The number of ketones is 1. The predicted molar refractivity (Wildman–Crippen MR) is 66.3 cm³/mol. The maximum Gasteiger partial charge on any atom is 0.410 e. The standard InChI is InChI=1S/C12H20ClNO3/c1-12(2,3)17-11(16)14-6-4-5-9(8-14)10(15)7-13/h9H,4-8H2,1-3H3. The molecule has 0 aromatic rings. The Kier molecular flexibility index (Phi) is 4.80. The zero-order valence-corrected chi connectivity index (χ0v) is 11.4. The SMILES string of the molecule is CC(C)(C)OC(=O)N1CCCC(C(=O)CCl)C1. The molecule has 0 aromatic heterocycles. The molecule has 1 fully saturated rings. The lowest BCUT2D eigenvalue weighted by atomic mass is 9.95. The molecule has 0 bridgehead atoms. The van der Waals surface area contributed by atoms with Crippen molar-refractivity contribution in [2.75, 3.05) is 19.0 Å². The zero-order valence-electron chi connectivity index (χ0n) is 10.7. The third kappa shape index (κ3) is 4.54. The summed E-state index contributed by atoms with van der Waals surface area (Å²) in [4.78, 5) is 24.9. The van der Waals surface area contributed by atoms with Crippen LogP contribution in [0.4, 0.5) is 4.79 Å². The highest BCUT2D eigenvalue weighted by atomic mass is 35.5. The fourth-order valence-electron chi connectivity index (χ4n) is 1.84. The summed E-state index contributed by atoms with van der Waals surface area (Å²) in [5, 5.41) is 0. The highest BCUT2D eigenvalue weighted by Crippen LogP contribution is 2.20. The van der Waals surface area contributed by atoms with Crippen LogP contribution >= 0.6 is 11.6 Å². The first-order chi connectivity index (χ1) is 7.83. The lowest BCUT2D eigenvalue weighted by Crippen LogP contribution is -2.44. The molecule has 4 nitrogen and oxygen atoms in total. The molecule has 1 amide bonds. The number of rotatable bonds is 2. The summed E-state index contributed by atoms with van der Waals surface area (Å²) in [6.45, 7) is 6.57. The van der Waals surface area contributed by atoms with E-state index in [-0.39, 0.29) is 23.7 Å². The molecule has 0 N–H and O–H groups in total. The quantitative estimate of drug-likeness (QED) is 0.718. The Labute approximate surface area is 107 Å². The van der Waals surface area contributed by atoms with Gasteiger partial charge in [0.25, 0.3) is 0 Å². The molecule has 98 valence electrons. The van der Waals surface area contributed by atoms with Crippen LogP contribution in [0.3, 0.4) is 0 Å². The number of carbonyl (C=O) groups is 2. The third-order valence-corrected chi connectivity index (χ3v) is 2.92. The second-order valence-electron chi connectivity index (χ2n) is 5.37. The van der Waals surface area contributed by atoms with E-state index in [0.29, 0.717) is 13.1 Å². The number of halogens is 1. The van der Waals surface area contributed by atoms with Gasteiger partial charge in [-0.25, -0.2) is 4.79 Å². The minimum atomic E-state index is -0.499. The number of carbonyl (C=O) groups excluding carboxylic acids is 2. The third-order valence-electron chi connectivity index (χ3n) is 2.66. The minimum Gasteiger partial charge on any atom is -0.444 e. The van der Waals surface area contributed by atoms with E-state index in [1.165, 1.54) is 0 Å². The van der Waals surface area contributed by atoms with Crippen molar-refractivity contribution in [2.45, 2.75) is 39.2 Å². The number of alkyl halides is 1. The highest BCUT2D eigenvalue weighted by Gasteiger charge is 2.30. The summed E-state index contributed by atoms with van der Waals surface area (Å²) in [5.74, 6) is -0.0963. The number of Topliss-reactive ketones (excluding diaryl/α,β-unsaturated/α-hetero) is 1. The molecule has 17 heavy (non-hydrogen) atoms. The van der Waals surface area contributed by atoms with Crippen molar-refractivity contribution in [1.82, 2.24) is 4.90 Å². The van der Waals surface area contributed by atoms with Crippen LogP contribution in [0.1, 0.15) is 33.6 Å². The van der Waals surface area contributed by atoms with Gasteiger partial charge in [-0.15, -0.1) is 11.6 Å². The number of piperidine rings is 1. The second kappa shape index (κ2) is 5.71. The number of amides is 1. The summed E-state index contributed by atoms with van der Waals surface area (Å²) in [6.07, 6.45) is 1.29. The first-order valence-electron chi connectivity index (χ1n) is 5.90. The normalized spacial score (nSPS) is 21.2. The number of ether oxygens (including phenoxy) is 1. The van der Waals surface area contributed by atoms with Crippen molar-refractivity contribution in [3.63, 3.8) is 0 Å². The Morgan fingerprint density at radius 3 is 2.59 bits per heavy atom. The van der Waals surface area contributed by atoms with Crippen LogP contribution in [-0.2, 0) is 9.53 Å². The van der Waals surface area contributed by atoms with Crippen LogP contribution in [0.5, 0.6) is 0 Å². The maximum atomic E-state index is 11.8. The van der Waals surface area contributed by atoms with Crippen LogP contribution in [0, 0.1) is 5.92 Å². The summed E-state index contributed by atoms with van der Waals surface area (Å²) in [5.41, 5.74) is -0.499. The molecule has 1 heterocycles. The van der Waals surface area contributed by atoms with E-state index < -0.39 is 5.60 Å². The van der Waals surface area contributed by atoms with Crippen molar-refractivity contribution in [1.29, 1.82) is 0 Å². The van der Waals surface area contributed by atoms with Gasteiger partial charge in [0.1, 0.15) is 5.60 Å². The van der Waals surface area contributed by atoms with Gasteiger partial charge in [-0.1, -0.05) is 0 Å². The molecular formula is C12H20ClNO3. The molecule has 1 rings (SSSR count). The van der Waals surface area contributed by atoms with Crippen molar-refractivity contribution < 1.29 is 14.3 Å². The average Bonchev–Trinajstić information content (AvgIpc) is 2.26. The van der Waals surface area contributed by atoms with E-state index >= 15 is 0 Å². The van der Waals surface area contributed by atoms with Crippen molar-refractivity contribution in [3.05, 3.63) is 0 Å².